The van der Waals surface area contributed by atoms with Gasteiger partial charge in [-0.15, -0.1) is 11.8 Å². The number of phenols is 1. The number of thioether (sulfide) groups is 1. The van der Waals surface area contributed by atoms with Crippen LogP contribution in [0.15, 0.2) is 41.3 Å². The second kappa shape index (κ2) is 6.50. The molecule has 0 heterocycles. The van der Waals surface area contributed by atoms with Crippen molar-refractivity contribution in [2.45, 2.75) is 18.2 Å². The first-order valence-electron chi connectivity index (χ1n) is 6.57. The predicted molar refractivity (Wildman–Crippen MR) is 85.3 cm³/mol. The quantitative estimate of drug-likeness (QED) is 0.830. The Bertz CT molecular complexity index is 693. The first kappa shape index (κ1) is 15.2. The molecule has 0 saturated carbocycles. The molecule has 0 aliphatic rings. The largest absolute Gasteiger partial charge is 0.507 e. The minimum Gasteiger partial charge on any atom is -0.507 e. The highest BCUT2D eigenvalue weighted by Gasteiger charge is 2.10. The van der Waals surface area contributed by atoms with Crippen molar-refractivity contribution in [1.82, 2.24) is 0 Å². The van der Waals surface area contributed by atoms with Crippen molar-refractivity contribution in [3.8, 4) is 5.75 Å². The lowest BCUT2D eigenvalue weighted by Crippen LogP contribution is -2.12. The maximum absolute atomic E-state index is 11.7. The molecule has 0 unspecified atom stereocenters. The van der Waals surface area contributed by atoms with E-state index in [0.717, 1.165) is 15.7 Å². The standard InChI is InChI=1S/C15H18O3S2/c1-2-10-20(17,18)11-9-19-15-8-7-14(16)12-5-3-4-6-13(12)15/h3-8,16H,2,9-11H2,1H3. The van der Waals surface area contributed by atoms with Crippen molar-refractivity contribution in [2.24, 2.45) is 0 Å². The van der Waals surface area contributed by atoms with Gasteiger partial charge in [-0.05, 0) is 23.9 Å². The summed E-state index contributed by atoms with van der Waals surface area (Å²) >= 11 is 1.52. The van der Waals surface area contributed by atoms with Gasteiger partial charge in [0.2, 0.25) is 0 Å². The van der Waals surface area contributed by atoms with Crippen LogP contribution in [0, 0.1) is 0 Å². The molecule has 2 aromatic carbocycles. The molecule has 0 aliphatic carbocycles. The summed E-state index contributed by atoms with van der Waals surface area (Å²) in [4.78, 5) is 1.00. The summed E-state index contributed by atoms with van der Waals surface area (Å²) in [7, 11) is -2.93. The third-order valence-electron chi connectivity index (χ3n) is 3.03. The molecule has 20 heavy (non-hydrogen) atoms. The number of aromatic hydroxyl groups is 1. The summed E-state index contributed by atoms with van der Waals surface area (Å²) in [5.41, 5.74) is 0. The Morgan fingerprint density at radius 1 is 1.05 bits per heavy atom. The van der Waals surface area contributed by atoms with E-state index in [1.54, 1.807) is 6.07 Å². The first-order chi connectivity index (χ1) is 9.53. The SMILES string of the molecule is CCCS(=O)(=O)CCSc1ccc(O)c2ccccc12. The minimum atomic E-state index is -2.93. The Kier molecular flexibility index (Phi) is 4.94. The Hall–Kier alpha value is -1.20. The number of sulfone groups is 1. The number of benzene rings is 2. The molecule has 0 radical (unpaired) electrons. The predicted octanol–water partition coefficient (Wildman–Crippen LogP) is 3.46. The molecule has 0 aromatic heterocycles. The molecular weight excluding hydrogens is 292 g/mol. The van der Waals surface area contributed by atoms with Gasteiger partial charge in [0.1, 0.15) is 5.75 Å². The molecule has 2 rings (SSSR count). The molecule has 0 atom stereocenters. The molecule has 2 aromatic rings. The van der Waals surface area contributed by atoms with Crippen LogP contribution in [0.2, 0.25) is 0 Å². The Labute approximate surface area is 123 Å². The lowest BCUT2D eigenvalue weighted by atomic mass is 10.1. The maximum atomic E-state index is 11.7. The molecule has 108 valence electrons. The van der Waals surface area contributed by atoms with E-state index >= 15 is 0 Å². The van der Waals surface area contributed by atoms with Crippen molar-refractivity contribution >= 4 is 32.4 Å². The Balaban J connectivity index is 2.13. The topological polar surface area (TPSA) is 54.4 Å². The molecule has 0 fully saturated rings. The van der Waals surface area contributed by atoms with E-state index in [4.69, 9.17) is 0 Å². The fourth-order valence-electron chi connectivity index (χ4n) is 2.07. The van der Waals surface area contributed by atoms with Crippen LogP contribution in [-0.4, -0.2) is 30.8 Å². The van der Waals surface area contributed by atoms with Crippen LogP contribution in [0.5, 0.6) is 5.75 Å². The zero-order valence-corrected chi connectivity index (χ0v) is 13.0. The summed E-state index contributed by atoms with van der Waals surface area (Å²) in [5, 5.41) is 11.6. The average Bonchev–Trinajstić information content (AvgIpc) is 2.41. The van der Waals surface area contributed by atoms with Crippen LogP contribution in [0.3, 0.4) is 0 Å². The number of fused-ring (bicyclic) bond motifs is 1. The number of rotatable bonds is 6. The van der Waals surface area contributed by atoms with Gasteiger partial charge in [0.05, 0.1) is 5.75 Å². The van der Waals surface area contributed by atoms with Gasteiger partial charge in [0.15, 0.2) is 9.84 Å². The Morgan fingerprint density at radius 2 is 1.75 bits per heavy atom. The summed E-state index contributed by atoms with van der Waals surface area (Å²) in [5.74, 6) is 1.24. The van der Waals surface area contributed by atoms with Crippen LogP contribution < -0.4 is 0 Å². The highest BCUT2D eigenvalue weighted by Crippen LogP contribution is 2.33. The number of hydrogen-bond acceptors (Lipinski definition) is 4. The lowest BCUT2D eigenvalue weighted by molar-refractivity contribution is 0.481. The van der Waals surface area contributed by atoms with Gasteiger partial charge in [-0.1, -0.05) is 31.2 Å². The van der Waals surface area contributed by atoms with Crippen molar-refractivity contribution in [3.05, 3.63) is 36.4 Å². The highest BCUT2D eigenvalue weighted by atomic mass is 32.2. The third-order valence-corrected chi connectivity index (χ3v) is 6.22. The molecule has 5 heteroatoms. The molecule has 0 amide bonds. The third kappa shape index (κ3) is 3.67. The second-order valence-electron chi connectivity index (χ2n) is 4.63. The van der Waals surface area contributed by atoms with E-state index in [2.05, 4.69) is 0 Å². The van der Waals surface area contributed by atoms with Crippen molar-refractivity contribution in [1.29, 1.82) is 0 Å². The van der Waals surface area contributed by atoms with Gasteiger partial charge in [-0.2, -0.15) is 0 Å². The van der Waals surface area contributed by atoms with E-state index in [1.807, 2.05) is 37.3 Å². The van der Waals surface area contributed by atoms with Gasteiger partial charge in [-0.25, -0.2) is 8.42 Å². The van der Waals surface area contributed by atoms with E-state index in [1.165, 1.54) is 11.8 Å². The number of phenolic OH excluding ortho intramolecular Hbond substituents is 1. The van der Waals surface area contributed by atoms with Crippen LogP contribution >= 0.6 is 11.8 Å². The van der Waals surface area contributed by atoms with E-state index in [-0.39, 0.29) is 17.3 Å². The van der Waals surface area contributed by atoms with Gasteiger partial charge in [-0.3, -0.25) is 0 Å². The van der Waals surface area contributed by atoms with E-state index < -0.39 is 9.84 Å². The second-order valence-corrected chi connectivity index (χ2v) is 8.07. The van der Waals surface area contributed by atoms with E-state index in [9.17, 15) is 13.5 Å². The van der Waals surface area contributed by atoms with Crippen LogP contribution in [-0.2, 0) is 9.84 Å². The minimum absolute atomic E-state index is 0.195. The normalized spacial score (nSPS) is 11.8. The Morgan fingerprint density at radius 3 is 2.45 bits per heavy atom. The first-order valence-corrected chi connectivity index (χ1v) is 9.38. The highest BCUT2D eigenvalue weighted by molar-refractivity contribution is 8.00. The molecule has 1 N–H and O–H groups in total. The smallest absolute Gasteiger partial charge is 0.151 e. The van der Waals surface area contributed by atoms with Gasteiger partial charge >= 0.3 is 0 Å². The molecule has 0 saturated heterocycles. The van der Waals surface area contributed by atoms with Crippen LogP contribution in [0.1, 0.15) is 13.3 Å². The van der Waals surface area contributed by atoms with Crippen molar-refractivity contribution in [3.63, 3.8) is 0 Å². The molecule has 3 nitrogen and oxygen atoms in total. The molecule has 0 bridgehead atoms. The summed E-state index contributed by atoms with van der Waals surface area (Å²) in [6.07, 6.45) is 0.662. The monoisotopic (exact) mass is 310 g/mol. The number of hydrogen-bond donors (Lipinski definition) is 1. The van der Waals surface area contributed by atoms with Crippen LogP contribution in [0.4, 0.5) is 0 Å². The van der Waals surface area contributed by atoms with Gasteiger partial charge < -0.3 is 5.11 Å². The molecule has 0 aliphatic heterocycles. The summed E-state index contributed by atoms with van der Waals surface area (Å²) in [6, 6.07) is 11.1. The maximum Gasteiger partial charge on any atom is 0.151 e. The van der Waals surface area contributed by atoms with E-state index in [0.29, 0.717) is 12.2 Å². The van der Waals surface area contributed by atoms with Crippen molar-refractivity contribution in [2.75, 3.05) is 17.3 Å². The lowest BCUT2D eigenvalue weighted by Gasteiger charge is -2.08. The van der Waals surface area contributed by atoms with Gasteiger partial charge in [0.25, 0.3) is 0 Å². The summed E-state index contributed by atoms with van der Waals surface area (Å²) in [6.45, 7) is 1.87. The fourth-order valence-corrected chi connectivity index (χ4v) is 4.97. The van der Waals surface area contributed by atoms with Crippen LogP contribution in [0.25, 0.3) is 10.8 Å². The molecule has 0 spiro atoms. The zero-order valence-electron chi connectivity index (χ0n) is 11.4. The van der Waals surface area contributed by atoms with Gasteiger partial charge in [0, 0.05) is 21.8 Å². The fraction of sp³-hybridized carbons (Fsp3) is 0.333. The molecular formula is C15H18O3S2. The average molecular weight is 310 g/mol. The van der Waals surface area contributed by atoms with Crippen molar-refractivity contribution < 1.29 is 13.5 Å². The summed E-state index contributed by atoms with van der Waals surface area (Å²) < 4.78 is 23.4. The zero-order chi connectivity index (χ0) is 14.6.